The molecule has 3 N–H and O–H groups in total. The highest BCUT2D eigenvalue weighted by molar-refractivity contribution is 9.10. The molecule has 2 rings (SSSR count). The molecule has 5 nitrogen and oxygen atoms in total. The largest absolute Gasteiger partial charge is 0.397 e. The Morgan fingerprint density at radius 3 is 2.48 bits per heavy atom. The fourth-order valence-corrected chi connectivity index (χ4v) is 3.51. The fraction of sp³-hybridized carbons (Fsp3) is 0.154. The highest BCUT2D eigenvalue weighted by atomic mass is 79.9. The van der Waals surface area contributed by atoms with Gasteiger partial charge in [-0.25, -0.2) is 13.4 Å². The minimum atomic E-state index is -3.78. The van der Waals surface area contributed by atoms with Crippen LogP contribution in [-0.4, -0.2) is 13.4 Å². The van der Waals surface area contributed by atoms with Crippen molar-refractivity contribution in [3.8, 4) is 0 Å². The van der Waals surface area contributed by atoms with Crippen LogP contribution in [0.4, 0.5) is 11.5 Å². The molecule has 0 amide bonds. The lowest BCUT2D eigenvalue weighted by molar-refractivity contribution is 0.601. The first-order valence-electron chi connectivity index (χ1n) is 5.91. The Kier molecular flexibility index (Phi) is 4.46. The van der Waals surface area contributed by atoms with E-state index >= 15 is 0 Å². The first-order chi connectivity index (χ1) is 9.70. The molecule has 112 valence electrons. The quantitative estimate of drug-likeness (QED) is 0.786. The summed E-state index contributed by atoms with van der Waals surface area (Å²) < 4.78 is 28.0. The Labute approximate surface area is 136 Å². The van der Waals surface area contributed by atoms with Gasteiger partial charge in [0.1, 0.15) is 5.82 Å². The summed E-state index contributed by atoms with van der Waals surface area (Å²) >= 11 is 9.22. The van der Waals surface area contributed by atoms with E-state index < -0.39 is 10.0 Å². The average Bonchev–Trinajstić information content (AvgIpc) is 2.38. The number of hydrogen-bond donors (Lipinski definition) is 2. The van der Waals surface area contributed by atoms with Crippen LogP contribution in [0.5, 0.6) is 0 Å². The van der Waals surface area contributed by atoms with Crippen LogP contribution in [0.3, 0.4) is 0 Å². The average molecular weight is 391 g/mol. The molecule has 21 heavy (non-hydrogen) atoms. The van der Waals surface area contributed by atoms with Gasteiger partial charge in [0.05, 0.1) is 15.6 Å². The molecule has 1 aromatic carbocycles. The number of rotatable bonds is 3. The second-order valence-electron chi connectivity index (χ2n) is 4.57. The molecule has 2 aromatic rings. The summed E-state index contributed by atoms with van der Waals surface area (Å²) in [5, 5.41) is 0.354. The number of benzene rings is 1. The van der Waals surface area contributed by atoms with Gasteiger partial charge in [-0.1, -0.05) is 11.6 Å². The molecule has 0 aliphatic rings. The Balaban J connectivity index is 2.43. The standard InChI is InChI=1S/C13H13BrClN3O2S/c1-7-4-10(5-11(16)12(7)15)21(19,20)18-13-8(2)3-9(14)6-17-13/h3-6H,16H2,1-2H3,(H,17,18). The van der Waals surface area contributed by atoms with Gasteiger partial charge in [0, 0.05) is 10.7 Å². The molecular formula is C13H13BrClN3O2S. The van der Waals surface area contributed by atoms with E-state index in [4.69, 9.17) is 17.3 Å². The molecule has 8 heteroatoms. The second kappa shape index (κ2) is 5.82. The lowest BCUT2D eigenvalue weighted by Gasteiger charge is -2.12. The lowest BCUT2D eigenvalue weighted by atomic mass is 10.2. The van der Waals surface area contributed by atoms with Gasteiger partial charge in [0.2, 0.25) is 0 Å². The Morgan fingerprint density at radius 1 is 1.24 bits per heavy atom. The van der Waals surface area contributed by atoms with E-state index in [9.17, 15) is 8.42 Å². The number of nitrogen functional groups attached to an aromatic ring is 1. The molecule has 1 heterocycles. The smallest absolute Gasteiger partial charge is 0.263 e. The van der Waals surface area contributed by atoms with Gasteiger partial charge in [-0.15, -0.1) is 0 Å². The van der Waals surface area contributed by atoms with E-state index in [0.717, 1.165) is 4.47 Å². The third kappa shape index (κ3) is 3.48. The van der Waals surface area contributed by atoms with Crippen LogP contribution < -0.4 is 10.5 Å². The van der Waals surface area contributed by atoms with Crippen molar-refractivity contribution >= 4 is 49.1 Å². The molecule has 1 aromatic heterocycles. The van der Waals surface area contributed by atoms with Gasteiger partial charge < -0.3 is 5.73 Å². The normalized spacial score (nSPS) is 11.4. The highest BCUT2D eigenvalue weighted by Gasteiger charge is 2.18. The summed E-state index contributed by atoms with van der Waals surface area (Å²) in [7, 11) is -3.78. The maximum atomic E-state index is 12.4. The van der Waals surface area contributed by atoms with Crippen molar-refractivity contribution in [3.05, 3.63) is 45.0 Å². The molecular weight excluding hydrogens is 378 g/mol. The zero-order valence-corrected chi connectivity index (χ0v) is 14.5. The lowest BCUT2D eigenvalue weighted by Crippen LogP contribution is -2.15. The zero-order chi connectivity index (χ0) is 15.8. The second-order valence-corrected chi connectivity index (χ2v) is 7.54. The van der Waals surface area contributed by atoms with Crippen LogP contribution in [0, 0.1) is 13.8 Å². The third-order valence-electron chi connectivity index (χ3n) is 2.84. The van der Waals surface area contributed by atoms with Crippen LogP contribution in [0.15, 0.2) is 33.8 Å². The minimum Gasteiger partial charge on any atom is -0.397 e. The molecule has 0 saturated heterocycles. The van der Waals surface area contributed by atoms with E-state index in [0.29, 0.717) is 16.1 Å². The maximum Gasteiger partial charge on any atom is 0.263 e. The molecule has 0 atom stereocenters. The molecule has 0 fully saturated rings. The molecule has 0 saturated carbocycles. The summed E-state index contributed by atoms with van der Waals surface area (Å²) in [4.78, 5) is 4.10. The number of aromatic nitrogens is 1. The number of anilines is 2. The van der Waals surface area contributed by atoms with Crippen LogP contribution in [0.1, 0.15) is 11.1 Å². The fourth-order valence-electron chi connectivity index (χ4n) is 1.75. The Bertz CT molecular complexity index is 786. The Morgan fingerprint density at radius 2 is 1.90 bits per heavy atom. The van der Waals surface area contributed by atoms with Crippen LogP contribution >= 0.6 is 27.5 Å². The molecule has 0 radical (unpaired) electrons. The number of nitrogens with two attached hydrogens (primary N) is 1. The molecule has 0 spiro atoms. The van der Waals surface area contributed by atoms with Crippen molar-refractivity contribution in [2.45, 2.75) is 18.7 Å². The Hall–Kier alpha value is -1.31. The van der Waals surface area contributed by atoms with Gasteiger partial charge in [-0.2, -0.15) is 0 Å². The van der Waals surface area contributed by atoms with E-state index in [1.807, 2.05) is 0 Å². The van der Waals surface area contributed by atoms with E-state index in [-0.39, 0.29) is 16.4 Å². The first-order valence-corrected chi connectivity index (χ1v) is 8.56. The number of nitrogens with zero attached hydrogens (tertiary/aromatic N) is 1. The molecule has 0 aliphatic carbocycles. The minimum absolute atomic E-state index is 0.0472. The van der Waals surface area contributed by atoms with Gasteiger partial charge in [0.15, 0.2) is 0 Å². The summed E-state index contributed by atoms with van der Waals surface area (Å²) in [6.45, 7) is 3.46. The number of aryl methyl sites for hydroxylation is 2. The summed E-state index contributed by atoms with van der Waals surface area (Å²) in [6, 6.07) is 4.56. The van der Waals surface area contributed by atoms with Crippen molar-refractivity contribution in [3.63, 3.8) is 0 Å². The molecule has 0 unspecified atom stereocenters. The van der Waals surface area contributed by atoms with Crippen LogP contribution in [0.25, 0.3) is 0 Å². The van der Waals surface area contributed by atoms with Crippen molar-refractivity contribution in [1.29, 1.82) is 0 Å². The number of sulfonamides is 1. The van der Waals surface area contributed by atoms with Gasteiger partial charge in [-0.05, 0) is 59.1 Å². The summed E-state index contributed by atoms with van der Waals surface area (Å²) in [6.07, 6.45) is 1.52. The predicted octanol–water partition coefficient (Wildman–Crippen LogP) is 3.50. The number of nitrogens with one attached hydrogen (secondary N) is 1. The number of pyridine rings is 1. The molecule has 0 bridgehead atoms. The number of halogens is 2. The SMILES string of the molecule is Cc1cc(Br)cnc1NS(=O)(=O)c1cc(C)c(Cl)c(N)c1. The summed E-state index contributed by atoms with van der Waals surface area (Å²) in [5.41, 5.74) is 7.23. The summed E-state index contributed by atoms with van der Waals surface area (Å²) in [5.74, 6) is 0.268. The van der Waals surface area contributed by atoms with Crippen molar-refractivity contribution < 1.29 is 8.42 Å². The zero-order valence-electron chi connectivity index (χ0n) is 11.3. The topological polar surface area (TPSA) is 85.1 Å². The van der Waals surface area contributed by atoms with Gasteiger partial charge in [-0.3, -0.25) is 4.72 Å². The highest BCUT2D eigenvalue weighted by Crippen LogP contribution is 2.28. The van der Waals surface area contributed by atoms with Crippen LogP contribution in [0.2, 0.25) is 5.02 Å². The maximum absolute atomic E-state index is 12.4. The van der Waals surface area contributed by atoms with Crippen molar-refractivity contribution in [1.82, 2.24) is 4.98 Å². The molecule has 0 aliphatic heterocycles. The number of hydrogen-bond acceptors (Lipinski definition) is 4. The van der Waals surface area contributed by atoms with Crippen LogP contribution in [-0.2, 0) is 10.0 Å². The van der Waals surface area contributed by atoms with E-state index in [1.165, 1.54) is 18.3 Å². The van der Waals surface area contributed by atoms with Gasteiger partial charge >= 0.3 is 0 Å². The van der Waals surface area contributed by atoms with E-state index in [2.05, 4.69) is 25.6 Å². The van der Waals surface area contributed by atoms with Crippen molar-refractivity contribution in [2.24, 2.45) is 0 Å². The van der Waals surface area contributed by atoms with Crippen molar-refractivity contribution in [2.75, 3.05) is 10.5 Å². The first kappa shape index (κ1) is 16.1. The third-order valence-corrected chi connectivity index (χ3v) is 5.11. The van der Waals surface area contributed by atoms with Gasteiger partial charge in [0.25, 0.3) is 10.0 Å². The monoisotopic (exact) mass is 389 g/mol. The predicted molar refractivity (Wildman–Crippen MR) is 88.1 cm³/mol. The van der Waals surface area contributed by atoms with E-state index in [1.54, 1.807) is 19.9 Å².